The van der Waals surface area contributed by atoms with Gasteiger partial charge in [0.2, 0.25) is 0 Å². The topological polar surface area (TPSA) is 0 Å². The van der Waals surface area contributed by atoms with E-state index in [1.165, 1.54) is 33.4 Å². The van der Waals surface area contributed by atoms with Gasteiger partial charge < -0.3 is 0 Å². The van der Waals surface area contributed by atoms with E-state index in [1.54, 1.807) is 0 Å². The van der Waals surface area contributed by atoms with Crippen LogP contribution in [0.15, 0.2) is 110 Å². The molecule has 0 aliphatic heterocycles. The summed E-state index contributed by atoms with van der Waals surface area (Å²) in [5, 5.41) is 0. The van der Waals surface area contributed by atoms with Crippen LogP contribution in [-0.4, -0.2) is 0 Å². The second-order valence-electron chi connectivity index (χ2n) is 6.66. The van der Waals surface area contributed by atoms with Crippen molar-refractivity contribution in [2.24, 2.45) is 0 Å². The van der Waals surface area contributed by atoms with Gasteiger partial charge in [-0.1, -0.05) is 116 Å². The molecule has 0 amide bonds. The first-order valence-electron chi connectivity index (χ1n) is 9.62. The summed E-state index contributed by atoms with van der Waals surface area (Å²) in [4.78, 5) is 0. The molecule has 0 aromatic heterocycles. The monoisotopic (exact) mass is 362 g/mol. The molecule has 3 aromatic carbocycles. The minimum Gasteiger partial charge on any atom is -0.0984 e. The summed E-state index contributed by atoms with van der Waals surface area (Å²) < 4.78 is 0. The standard InChI is InChI=1S/C28H26/c1-4-6-8-16-27(28-17-12-11-13-23(28)5-2)22(3)24-18-20-26(21-19-24)25-14-9-7-10-15-25/h4-21H,2H2,1,3H3/b6-4+,16-8-,27-22+. The van der Waals surface area contributed by atoms with Gasteiger partial charge in [0.05, 0.1) is 0 Å². The Labute approximate surface area is 168 Å². The molecule has 0 heterocycles. The van der Waals surface area contributed by atoms with E-state index in [0.717, 1.165) is 5.56 Å². The van der Waals surface area contributed by atoms with Crippen molar-refractivity contribution >= 4 is 17.2 Å². The molecule has 0 atom stereocenters. The average Bonchev–Trinajstić information content (AvgIpc) is 2.77. The lowest BCUT2D eigenvalue weighted by Gasteiger charge is -2.13. The van der Waals surface area contributed by atoms with Crippen LogP contribution < -0.4 is 0 Å². The number of hydrogen-bond donors (Lipinski definition) is 0. The van der Waals surface area contributed by atoms with Crippen molar-refractivity contribution in [3.63, 3.8) is 0 Å². The Balaban J connectivity index is 2.07. The molecule has 3 rings (SSSR count). The Morgan fingerprint density at radius 2 is 1.39 bits per heavy atom. The van der Waals surface area contributed by atoms with Gasteiger partial charge in [0.25, 0.3) is 0 Å². The van der Waals surface area contributed by atoms with E-state index in [4.69, 9.17) is 0 Å². The van der Waals surface area contributed by atoms with E-state index in [0.29, 0.717) is 0 Å². The molecule has 0 saturated heterocycles. The molecule has 0 heteroatoms. The van der Waals surface area contributed by atoms with Crippen molar-refractivity contribution in [2.45, 2.75) is 13.8 Å². The third kappa shape index (κ3) is 4.47. The van der Waals surface area contributed by atoms with Crippen LogP contribution in [0, 0.1) is 0 Å². The highest BCUT2D eigenvalue weighted by atomic mass is 14.1. The van der Waals surface area contributed by atoms with Crippen LogP contribution in [0.3, 0.4) is 0 Å². The Hall–Kier alpha value is -3.38. The lowest BCUT2D eigenvalue weighted by atomic mass is 9.91. The summed E-state index contributed by atoms with van der Waals surface area (Å²) in [5.74, 6) is 0. The quantitative estimate of drug-likeness (QED) is 0.307. The van der Waals surface area contributed by atoms with E-state index in [9.17, 15) is 0 Å². The maximum absolute atomic E-state index is 3.99. The third-order valence-electron chi connectivity index (χ3n) is 4.87. The Bertz CT molecular complexity index is 1010. The van der Waals surface area contributed by atoms with E-state index >= 15 is 0 Å². The third-order valence-corrected chi connectivity index (χ3v) is 4.87. The summed E-state index contributed by atoms with van der Waals surface area (Å²) in [5.41, 5.74) is 8.48. The van der Waals surface area contributed by atoms with Gasteiger partial charge in [-0.3, -0.25) is 0 Å². The van der Waals surface area contributed by atoms with Gasteiger partial charge >= 0.3 is 0 Å². The van der Waals surface area contributed by atoms with E-state index in [1.807, 2.05) is 25.1 Å². The molecule has 0 N–H and O–H groups in total. The normalized spacial score (nSPS) is 12.4. The second kappa shape index (κ2) is 9.53. The van der Waals surface area contributed by atoms with Crippen LogP contribution in [-0.2, 0) is 0 Å². The van der Waals surface area contributed by atoms with Gasteiger partial charge in [-0.25, -0.2) is 0 Å². The molecule has 0 aliphatic rings. The zero-order valence-corrected chi connectivity index (χ0v) is 16.6. The highest BCUT2D eigenvalue weighted by Gasteiger charge is 2.09. The van der Waals surface area contributed by atoms with Gasteiger partial charge in [-0.05, 0) is 52.8 Å². The lowest BCUT2D eigenvalue weighted by molar-refractivity contribution is 1.52. The number of rotatable bonds is 6. The fourth-order valence-electron chi connectivity index (χ4n) is 3.30. The molecule has 0 nitrogen and oxygen atoms in total. The first-order valence-corrected chi connectivity index (χ1v) is 9.62. The molecule has 0 spiro atoms. The smallest absolute Gasteiger partial charge is 0.0109 e. The Morgan fingerprint density at radius 3 is 2.07 bits per heavy atom. The summed E-state index contributed by atoms with van der Waals surface area (Å²) in [6.45, 7) is 8.20. The van der Waals surface area contributed by atoms with Crippen LogP contribution in [0.4, 0.5) is 0 Å². The van der Waals surface area contributed by atoms with Crippen molar-refractivity contribution in [1.29, 1.82) is 0 Å². The molecule has 0 radical (unpaired) electrons. The van der Waals surface area contributed by atoms with Crippen molar-refractivity contribution in [3.05, 3.63) is 126 Å². The largest absolute Gasteiger partial charge is 0.0984 e. The van der Waals surface area contributed by atoms with E-state index in [2.05, 4.69) is 105 Å². The first-order chi connectivity index (χ1) is 13.7. The minimum absolute atomic E-state index is 1.14. The van der Waals surface area contributed by atoms with Crippen molar-refractivity contribution in [3.8, 4) is 11.1 Å². The maximum Gasteiger partial charge on any atom is -0.0109 e. The predicted octanol–water partition coefficient (Wildman–Crippen LogP) is 8.06. The highest BCUT2D eigenvalue weighted by Crippen LogP contribution is 2.31. The average molecular weight is 363 g/mol. The maximum atomic E-state index is 3.99. The van der Waals surface area contributed by atoms with Gasteiger partial charge in [-0.15, -0.1) is 0 Å². The Kier molecular flexibility index (Phi) is 6.59. The lowest BCUT2D eigenvalue weighted by Crippen LogP contribution is -1.91. The van der Waals surface area contributed by atoms with Crippen LogP contribution in [0.1, 0.15) is 30.5 Å². The van der Waals surface area contributed by atoms with Crippen molar-refractivity contribution < 1.29 is 0 Å². The van der Waals surface area contributed by atoms with Crippen molar-refractivity contribution in [1.82, 2.24) is 0 Å². The van der Waals surface area contributed by atoms with Crippen LogP contribution in [0.5, 0.6) is 0 Å². The molecular formula is C28H26. The summed E-state index contributed by atoms with van der Waals surface area (Å²) in [6.07, 6.45) is 10.3. The molecule has 0 bridgehead atoms. The molecule has 0 unspecified atom stereocenters. The zero-order valence-electron chi connectivity index (χ0n) is 16.6. The minimum atomic E-state index is 1.14. The predicted molar refractivity (Wildman–Crippen MR) is 125 cm³/mol. The number of allylic oxidation sites excluding steroid dienone is 6. The summed E-state index contributed by atoms with van der Waals surface area (Å²) >= 11 is 0. The number of hydrogen-bond acceptors (Lipinski definition) is 0. The van der Waals surface area contributed by atoms with Crippen LogP contribution in [0.25, 0.3) is 28.3 Å². The molecule has 0 fully saturated rings. The van der Waals surface area contributed by atoms with Crippen LogP contribution in [0.2, 0.25) is 0 Å². The summed E-state index contributed by atoms with van der Waals surface area (Å²) in [7, 11) is 0. The van der Waals surface area contributed by atoms with E-state index < -0.39 is 0 Å². The zero-order chi connectivity index (χ0) is 19.8. The van der Waals surface area contributed by atoms with Gasteiger partial charge in [0, 0.05) is 0 Å². The fourth-order valence-corrected chi connectivity index (χ4v) is 3.30. The fraction of sp³-hybridized carbons (Fsp3) is 0.0714. The number of benzene rings is 3. The SMILES string of the molecule is C=Cc1ccccc1C(/C=C\C=C\C)=C(\C)c1ccc(-c2ccccc2)cc1. The van der Waals surface area contributed by atoms with Crippen molar-refractivity contribution in [2.75, 3.05) is 0 Å². The molecule has 0 saturated carbocycles. The molecule has 0 aliphatic carbocycles. The molecular weight excluding hydrogens is 336 g/mol. The van der Waals surface area contributed by atoms with Gasteiger partial charge in [0.15, 0.2) is 0 Å². The second-order valence-corrected chi connectivity index (χ2v) is 6.66. The molecule has 3 aromatic rings. The molecule has 138 valence electrons. The van der Waals surface area contributed by atoms with Gasteiger partial charge in [-0.2, -0.15) is 0 Å². The molecule has 28 heavy (non-hydrogen) atoms. The summed E-state index contributed by atoms with van der Waals surface area (Å²) in [6, 6.07) is 27.7. The van der Waals surface area contributed by atoms with Gasteiger partial charge in [0.1, 0.15) is 0 Å². The van der Waals surface area contributed by atoms with E-state index in [-0.39, 0.29) is 0 Å². The Morgan fingerprint density at radius 1 is 0.750 bits per heavy atom. The highest BCUT2D eigenvalue weighted by molar-refractivity contribution is 5.97. The van der Waals surface area contributed by atoms with Crippen LogP contribution >= 0.6 is 0 Å². The first kappa shape index (κ1) is 19.4.